The van der Waals surface area contributed by atoms with Crippen molar-refractivity contribution in [3.8, 4) is 12.1 Å². The van der Waals surface area contributed by atoms with Gasteiger partial charge < -0.3 is 5.32 Å². The van der Waals surface area contributed by atoms with Gasteiger partial charge in [-0.25, -0.2) is 0 Å². The summed E-state index contributed by atoms with van der Waals surface area (Å²) in [6.07, 6.45) is -3.65. The minimum absolute atomic E-state index is 0.0101. The summed E-state index contributed by atoms with van der Waals surface area (Å²) in [6.45, 7) is 3.09. The second-order valence-electron chi connectivity index (χ2n) is 6.69. The van der Waals surface area contributed by atoms with E-state index >= 15 is 0 Å². The molecule has 1 atom stereocenters. The van der Waals surface area contributed by atoms with Crippen LogP contribution in [0.3, 0.4) is 0 Å². The maximum atomic E-state index is 13.0. The van der Waals surface area contributed by atoms with E-state index in [4.69, 9.17) is 10.5 Å². The van der Waals surface area contributed by atoms with Crippen LogP contribution < -0.4 is 5.32 Å². The summed E-state index contributed by atoms with van der Waals surface area (Å²) in [4.78, 5) is 16.2. The third-order valence-corrected chi connectivity index (χ3v) is 4.60. The number of benzene rings is 1. The molecule has 1 aromatic rings. The lowest BCUT2D eigenvalue weighted by molar-refractivity contribution is -0.137. The molecule has 0 saturated carbocycles. The van der Waals surface area contributed by atoms with Crippen molar-refractivity contribution in [1.82, 2.24) is 9.80 Å². The van der Waals surface area contributed by atoms with E-state index < -0.39 is 17.6 Å². The Balaban J connectivity index is 1.82. The summed E-state index contributed by atoms with van der Waals surface area (Å²) < 4.78 is 39.0. The number of hydrogen-bond donors (Lipinski definition) is 1. The molecule has 1 amide bonds. The minimum atomic E-state index is -4.53. The molecule has 1 heterocycles. The van der Waals surface area contributed by atoms with Gasteiger partial charge in [-0.15, -0.1) is 0 Å². The number of nitrogens with one attached hydrogen (secondary N) is 1. The van der Waals surface area contributed by atoms with Crippen LogP contribution in [0.2, 0.25) is 0 Å². The van der Waals surface area contributed by atoms with Crippen molar-refractivity contribution in [3.05, 3.63) is 29.8 Å². The second kappa shape index (κ2) is 10.1. The van der Waals surface area contributed by atoms with Gasteiger partial charge in [0.05, 0.1) is 35.9 Å². The molecule has 1 aliphatic rings. The molecule has 0 radical (unpaired) electrons. The molecule has 1 aliphatic heterocycles. The lowest BCUT2D eigenvalue weighted by atomic mass is 10.0. The summed E-state index contributed by atoms with van der Waals surface area (Å²) in [5.41, 5.74) is -1.11. The number of carbonyl (C=O) groups is 1. The van der Waals surface area contributed by atoms with Crippen LogP contribution in [0.1, 0.15) is 18.4 Å². The van der Waals surface area contributed by atoms with Gasteiger partial charge in [-0.2, -0.15) is 23.7 Å². The number of anilines is 1. The molecular weight excluding hydrogens is 371 g/mol. The van der Waals surface area contributed by atoms with E-state index in [0.717, 1.165) is 6.07 Å². The Morgan fingerprint density at radius 2 is 1.79 bits per heavy atom. The molecule has 2 rings (SSSR count). The van der Waals surface area contributed by atoms with Crippen molar-refractivity contribution in [1.29, 1.82) is 10.5 Å². The average molecular weight is 393 g/mol. The van der Waals surface area contributed by atoms with Gasteiger partial charge in [0.15, 0.2) is 0 Å². The molecule has 0 aliphatic carbocycles. The van der Waals surface area contributed by atoms with Gasteiger partial charge in [0, 0.05) is 39.1 Å². The first kappa shape index (κ1) is 21.7. The van der Waals surface area contributed by atoms with Crippen LogP contribution >= 0.6 is 0 Å². The van der Waals surface area contributed by atoms with Crippen LogP contribution in [0, 0.1) is 28.6 Å². The summed E-state index contributed by atoms with van der Waals surface area (Å²) in [7, 11) is 0. The number of rotatable bonds is 7. The Bertz CT molecular complexity index is 745. The van der Waals surface area contributed by atoms with Gasteiger partial charge in [0.2, 0.25) is 5.91 Å². The number of carbonyl (C=O) groups excluding carboxylic acids is 1. The number of amides is 1. The third kappa shape index (κ3) is 6.52. The lowest BCUT2D eigenvalue weighted by Gasteiger charge is -2.35. The van der Waals surface area contributed by atoms with Crippen LogP contribution in [0.25, 0.3) is 0 Å². The maximum absolute atomic E-state index is 13.0. The largest absolute Gasteiger partial charge is 0.418 e. The minimum Gasteiger partial charge on any atom is -0.324 e. The normalized spacial score (nSPS) is 16.8. The van der Waals surface area contributed by atoms with E-state index in [-0.39, 0.29) is 18.2 Å². The first-order chi connectivity index (χ1) is 13.3. The monoisotopic (exact) mass is 393 g/mol. The van der Waals surface area contributed by atoms with Gasteiger partial charge in [-0.05, 0) is 18.6 Å². The van der Waals surface area contributed by atoms with Crippen LogP contribution in [0.15, 0.2) is 24.3 Å². The molecule has 0 spiro atoms. The number of nitriles is 2. The lowest BCUT2D eigenvalue weighted by Crippen LogP contribution is -2.49. The molecule has 1 saturated heterocycles. The Hall–Kier alpha value is -2.62. The number of alkyl halides is 3. The van der Waals surface area contributed by atoms with Crippen molar-refractivity contribution in [2.24, 2.45) is 5.92 Å². The Kier molecular flexibility index (Phi) is 7.80. The fraction of sp³-hybridized carbons (Fsp3) is 0.526. The van der Waals surface area contributed by atoms with E-state index in [1.807, 2.05) is 11.0 Å². The first-order valence-electron chi connectivity index (χ1n) is 9.01. The van der Waals surface area contributed by atoms with Crippen molar-refractivity contribution in [2.45, 2.75) is 19.0 Å². The highest BCUT2D eigenvalue weighted by Gasteiger charge is 2.33. The fourth-order valence-corrected chi connectivity index (χ4v) is 3.11. The molecule has 1 fully saturated rings. The molecule has 0 aromatic heterocycles. The van der Waals surface area contributed by atoms with E-state index in [1.54, 1.807) is 0 Å². The maximum Gasteiger partial charge on any atom is 0.418 e. The zero-order valence-electron chi connectivity index (χ0n) is 15.4. The molecule has 1 aromatic carbocycles. The second-order valence-corrected chi connectivity index (χ2v) is 6.69. The highest BCUT2D eigenvalue weighted by atomic mass is 19.4. The molecule has 6 nitrogen and oxygen atoms in total. The van der Waals surface area contributed by atoms with Gasteiger partial charge in [0.1, 0.15) is 0 Å². The molecule has 150 valence electrons. The Morgan fingerprint density at radius 1 is 1.14 bits per heavy atom. The third-order valence-electron chi connectivity index (χ3n) is 4.60. The van der Waals surface area contributed by atoms with Crippen molar-refractivity contribution >= 4 is 11.6 Å². The molecular formula is C19H22F3N5O. The zero-order valence-corrected chi connectivity index (χ0v) is 15.4. The standard InChI is InChI=1S/C19H22F3N5O/c20-19(21,22)16-5-1-2-6-17(16)25-18(28)14-27-10-8-26(9-11-27)13-15(12-24)4-3-7-23/h1-2,5-6,15H,3-4,8-11,13-14H2,(H,25,28)/t15-/m0/s1. The van der Waals surface area contributed by atoms with E-state index in [1.165, 1.54) is 18.2 Å². The Morgan fingerprint density at radius 3 is 2.39 bits per heavy atom. The molecule has 0 bridgehead atoms. The van der Waals surface area contributed by atoms with Crippen LogP contribution in [0.4, 0.5) is 18.9 Å². The summed E-state index contributed by atoms with van der Waals surface area (Å²) in [6, 6.07) is 9.15. The number of piperazine rings is 1. The summed E-state index contributed by atoms with van der Waals surface area (Å²) >= 11 is 0. The number of nitrogens with zero attached hydrogens (tertiary/aromatic N) is 4. The highest BCUT2D eigenvalue weighted by molar-refractivity contribution is 5.93. The quantitative estimate of drug-likeness (QED) is 0.770. The number of halogens is 3. The van der Waals surface area contributed by atoms with Crippen molar-refractivity contribution in [3.63, 3.8) is 0 Å². The predicted molar refractivity (Wildman–Crippen MR) is 96.9 cm³/mol. The van der Waals surface area contributed by atoms with Gasteiger partial charge in [-0.3, -0.25) is 14.6 Å². The van der Waals surface area contributed by atoms with E-state index in [0.29, 0.717) is 45.6 Å². The molecule has 1 N–H and O–H groups in total. The number of hydrogen-bond acceptors (Lipinski definition) is 5. The van der Waals surface area contributed by atoms with Crippen LogP contribution in [-0.2, 0) is 11.0 Å². The van der Waals surface area contributed by atoms with Gasteiger partial charge in [0.25, 0.3) is 0 Å². The van der Waals surface area contributed by atoms with Crippen LogP contribution in [-0.4, -0.2) is 55.0 Å². The highest BCUT2D eigenvalue weighted by Crippen LogP contribution is 2.34. The molecule has 0 unspecified atom stereocenters. The fourth-order valence-electron chi connectivity index (χ4n) is 3.11. The zero-order chi connectivity index (χ0) is 20.6. The number of para-hydroxylation sites is 1. The summed E-state index contributed by atoms with van der Waals surface area (Å²) in [5, 5.41) is 20.1. The van der Waals surface area contributed by atoms with Gasteiger partial charge in [-0.1, -0.05) is 12.1 Å². The summed E-state index contributed by atoms with van der Waals surface area (Å²) in [5.74, 6) is -0.692. The van der Waals surface area contributed by atoms with Crippen LogP contribution in [0.5, 0.6) is 0 Å². The van der Waals surface area contributed by atoms with Gasteiger partial charge >= 0.3 is 6.18 Å². The SMILES string of the molecule is N#CCC[C@@H](C#N)CN1CCN(CC(=O)Nc2ccccc2C(F)(F)F)CC1. The topological polar surface area (TPSA) is 83.2 Å². The predicted octanol–water partition coefficient (Wildman–Crippen LogP) is 2.71. The van der Waals surface area contributed by atoms with Crippen molar-refractivity contribution in [2.75, 3.05) is 44.6 Å². The van der Waals surface area contributed by atoms with E-state index in [9.17, 15) is 18.0 Å². The Labute approximate surface area is 162 Å². The van der Waals surface area contributed by atoms with Crippen molar-refractivity contribution < 1.29 is 18.0 Å². The first-order valence-corrected chi connectivity index (χ1v) is 9.01. The van der Waals surface area contributed by atoms with E-state index in [2.05, 4.69) is 16.3 Å². The molecule has 9 heteroatoms. The molecule has 28 heavy (non-hydrogen) atoms. The average Bonchev–Trinajstić information content (AvgIpc) is 2.66. The smallest absolute Gasteiger partial charge is 0.324 e.